The fourth-order valence-corrected chi connectivity index (χ4v) is 2.26. The summed E-state index contributed by atoms with van der Waals surface area (Å²) in [7, 11) is 0. The second kappa shape index (κ2) is 7.80. The number of amides is 1. The Kier molecular flexibility index (Phi) is 6.39. The van der Waals surface area contributed by atoms with Gasteiger partial charge < -0.3 is 15.7 Å². The van der Waals surface area contributed by atoms with Crippen LogP contribution < -0.4 is 10.6 Å². The number of halogens is 1. The molecular formula is C13H18ClN3O4. The molecule has 0 aliphatic carbocycles. The van der Waals surface area contributed by atoms with Gasteiger partial charge in [-0.1, -0.05) is 0 Å². The van der Waals surface area contributed by atoms with Gasteiger partial charge in [-0.05, 0) is 44.0 Å². The summed E-state index contributed by atoms with van der Waals surface area (Å²) in [5.41, 5.74) is -0.185. The number of carbonyl (C=O) groups is 1. The summed E-state index contributed by atoms with van der Waals surface area (Å²) in [4.78, 5) is 21.8. The van der Waals surface area contributed by atoms with Crippen LogP contribution in [0.5, 0.6) is 5.75 Å². The van der Waals surface area contributed by atoms with Crippen molar-refractivity contribution in [2.45, 2.75) is 12.8 Å². The summed E-state index contributed by atoms with van der Waals surface area (Å²) in [5.74, 6) is -0.429. The Morgan fingerprint density at radius 3 is 2.86 bits per heavy atom. The number of nitrogens with one attached hydrogen (secondary N) is 2. The summed E-state index contributed by atoms with van der Waals surface area (Å²) < 4.78 is 0. The van der Waals surface area contributed by atoms with E-state index in [1.54, 1.807) is 0 Å². The zero-order valence-corrected chi connectivity index (χ0v) is 12.2. The fraction of sp³-hybridized carbons (Fsp3) is 0.462. The number of phenolic OH excluding ortho intramolecular Hbond substituents is 1. The molecule has 21 heavy (non-hydrogen) atoms. The number of nitro benzene ring substituents is 1. The highest BCUT2D eigenvalue weighted by Gasteiger charge is 2.17. The number of piperidine rings is 1. The molecule has 1 aliphatic heterocycles. The van der Waals surface area contributed by atoms with E-state index in [1.807, 2.05) is 0 Å². The maximum Gasteiger partial charge on any atom is 0.310 e. The number of nitrogens with zero attached hydrogens (tertiary/aromatic N) is 1. The Labute approximate surface area is 128 Å². The van der Waals surface area contributed by atoms with Crippen molar-refractivity contribution in [2.75, 3.05) is 19.6 Å². The van der Waals surface area contributed by atoms with Crippen LogP contribution in [0.25, 0.3) is 0 Å². The molecule has 2 rings (SSSR count). The highest BCUT2D eigenvalue weighted by Crippen LogP contribution is 2.26. The van der Waals surface area contributed by atoms with E-state index in [4.69, 9.17) is 0 Å². The van der Waals surface area contributed by atoms with Crippen LogP contribution in [0.4, 0.5) is 5.69 Å². The average molecular weight is 316 g/mol. The molecule has 1 aromatic carbocycles. The standard InChI is InChI=1S/C13H17N3O4.ClH/c17-12-6-10(3-4-11(12)16(19)20)13(18)15-8-9-2-1-5-14-7-9;/h3-4,6,9,14,17H,1-2,5,7-8H2,(H,15,18);1H. The third kappa shape index (κ3) is 4.57. The van der Waals surface area contributed by atoms with Crippen molar-refractivity contribution in [1.29, 1.82) is 0 Å². The lowest BCUT2D eigenvalue weighted by Crippen LogP contribution is -2.38. The molecule has 116 valence electrons. The first-order valence-electron chi connectivity index (χ1n) is 6.54. The van der Waals surface area contributed by atoms with Crippen molar-refractivity contribution >= 4 is 24.0 Å². The van der Waals surface area contributed by atoms with Crippen LogP contribution in [-0.4, -0.2) is 35.6 Å². The highest BCUT2D eigenvalue weighted by atomic mass is 35.5. The zero-order valence-electron chi connectivity index (χ0n) is 11.4. The minimum Gasteiger partial charge on any atom is -0.502 e. The Morgan fingerprint density at radius 2 is 2.29 bits per heavy atom. The van der Waals surface area contributed by atoms with E-state index in [0.29, 0.717) is 12.5 Å². The molecule has 1 aromatic rings. The Morgan fingerprint density at radius 1 is 1.52 bits per heavy atom. The number of hydrogen-bond donors (Lipinski definition) is 3. The molecule has 1 aliphatic rings. The SMILES string of the molecule is Cl.O=C(NCC1CCCNC1)c1ccc([N+](=O)[O-])c(O)c1. The van der Waals surface area contributed by atoms with Crippen LogP contribution in [-0.2, 0) is 0 Å². The van der Waals surface area contributed by atoms with Crippen molar-refractivity contribution in [3.8, 4) is 5.75 Å². The summed E-state index contributed by atoms with van der Waals surface area (Å²) in [6, 6.07) is 3.59. The molecule has 1 saturated heterocycles. The van der Waals surface area contributed by atoms with E-state index in [0.717, 1.165) is 38.1 Å². The second-order valence-corrected chi connectivity index (χ2v) is 4.88. The molecule has 0 aromatic heterocycles. The number of rotatable bonds is 4. The summed E-state index contributed by atoms with van der Waals surface area (Å²) in [6.45, 7) is 2.45. The quantitative estimate of drug-likeness (QED) is 0.576. The molecule has 0 radical (unpaired) electrons. The number of aromatic hydroxyl groups is 1. The van der Waals surface area contributed by atoms with E-state index in [1.165, 1.54) is 6.07 Å². The first kappa shape index (κ1) is 17.2. The second-order valence-electron chi connectivity index (χ2n) is 4.88. The van der Waals surface area contributed by atoms with Gasteiger partial charge in [-0.3, -0.25) is 14.9 Å². The van der Waals surface area contributed by atoms with Crippen LogP contribution >= 0.6 is 12.4 Å². The van der Waals surface area contributed by atoms with E-state index < -0.39 is 16.4 Å². The maximum absolute atomic E-state index is 11.9. The lowest BCUT2D eigenvalue weighted by molar-refractivity contribution is -0.385. The maximum atomic E-state index is 11.9. The Bertz CT molecular complexity index is 518. The van der Waals surface area contributed by atoms with Crippen molar-refractivity contribution in [3.63, 3.8) is 0 Å². The lowest BCUT2D eigenvalue weighted by atomic mass is 9.99. The predicted molar refractivity (Wildman–Crippen MR) is 79.9 cm³/mol. The monoisotopic (exact) mass is 315 g/mol. The van der Waals surface area contributed by atoms with Crippen LogP contribution in [0.2, 0.25) is 0 Å². The molecule has 1 heterocycles. The number of phenols is 1. The van der Waals surface area contributed by atoms with Gasteiger partial charge in [0.15, 0.2) is 5.75 Å². The van der Waals surface area contributed by atoms with Gasteiger partial charge in [0.2, 0.25) is 0 Å². The first-order valence-corrected chi connectivity index (χ1v) is 6.54. The molecule has 3 N–H and O–H groups in total. The van der Waals surface area contributed by atoms with E-state index in [-0.39, 0.29) is 23.9 Å². The normalized spacial score (nSPS) is 17.6. The van der Waals surface area contributed by atoms with Crippen molar-refractivity contribution in [2.24, 2.45) is 5.92 Å². The fourth-order valence-electron chi connectivity index (χ4n) is 2.26. The molecule has 0 spiro atoms. The third-order valence-corrected chi connectivity index (χ3v) is 3.38. The van der Waals surface area contributed by atoms with Crippen LogP contribution in [0.15, 0.2) is 18.2 Å². The molecule has 0 bridgehead atoms. The zero-order chi connectivity index (χ0) is 14.5. The largest absolute Gasteiger partial charge is 0.502 e. The number of carbonyl (C=O) groups excluding carboxylic acids is 1. The van der Waals surface area contributed by atoms with Crippen molar-refractivity contribution in [3.05, 3.63) is 33.9 Å². The Hall–Kier alpha value is -1.86. The van der Waals surface area contributed by atoms with Crippen molar-refractivity contribution in [1.82, 2.24) is 10.6 Å². The predicted octanol–water partition coefficient (Wildman–Crippen LogP) is 1.45. The van der Waals surface area contributed by atoms with E-state index in [2.05, 4.69) is 10.6 Å². The van der Waals surface area contributed by atoms with Gasteiger partial charge in [0.25, 0.3) is 5.91 Å². The van der Waals surface area contributed by atoms with Gasteiger partial charge in [-0.25, -0.2) is 0 Å². The van der Waals surface area contributed by atoms with Crippen LogP contribution in [0, 0.1) is 16.0 Å². The Balaban J connectivity index is 0.00000220. The number of nitro groups is 1. The van der Waals surface area contributed by atoms with Gasteiger partial charge in [0.05, 0.1) is 4.92 Å². The van der Waals surface area contributed by atoms with Crippen LogP contribution in [0.1, 0.15) is 23.2 Å². The van der Waals surface area contributed by atoms with Crippen LogP contribution in [0.3, 0.4) is 0 Å². The molecule has 7 nitrogen and oxygen atoms in total. The molecule has 1 atom stereocenters. The van der Waals surface area contributed by atoms with Gasteiger partial charge in [-0.2, -0.15) is 0 Å². The molecule has 1 unspecified atom stereocenters. The third-order valence-electron chi connectivity index (χ3n) is 3.38. The smallest absolute Gasteiger partial charge is 0.310 e. The average Bonchev–Trinajstić information content (AvgIpc) is 2.45. The number of hydrogen-bond acceptors (Lipinski definition) is 5. The summed E-state index contributed by atoms with van der Waals surface area (Å²) in [5, 5.41) is 26.1. The molecular weight excluding hydrogens is 298 g/mol. The van der Waals surface area contributed by atoms with E-state index in [9.17, 15) is 20.0 Å². The minimum atomic E-state index is -0.690. The highest BCUT2D eigenvalue weighted by molar-refractivity contribution is 5.95. The summed E-state index contributed by atoms with van der Waals surface area (Å²) in [6.07, 6.45) is 2.16. The van der Waals surface area contributed by atoms with E-state index >= 15 is 0 Å². The molecule has 1 amide bonds. The molecule has 1 fully saturated rings. The minimum absolute atomic E-state index is 0. The van der Waals surface area contributed by atoms with Gasteiger partial charge in [-0.15, -0.1) is 12.4 Å². The summed E-state index contributed by atoms with van der Waals surface area (Å²) >= 11 is 0. The molecule has 0 saturated carbocycles. The van der Waals surface area contributed by atoms with Gasteiger partial charge in [0.1, 0.15) is 0 Å². The van der Waals surface area contributed by atoms with Crippen molar-refractivity contribution < 1.29 is 14.8 Å². The van der Waals surface area contributed by atoms with Gasteiger partial charge >= 0.3 is 5.69 Å². The molecule has 8 heteroatoms. The lowest BCUT2D eigenvalue weighted by Gasteiger charge is -2.22. The number of benzene rings is 1. The first-order chi connectivity index (χ1) is 9.58. The topological polar surface area (TPSA) is 104 Å². The van der Waals surface area contributed by atoms with Gasteiger partial charge in [0, 0.05) is 18.2 Å².